The van der Waals surface area contributed by atoms with Crippen LogP contribution >= 0.6 is 0 Å². The van der Waals surface area contributed by atoms with E-state index < -0.39 is 0 Å². The molecule has 1 unspecified atom stereocenters. The maximum atomic E-state index is 12.4. The van der Waals surface area contributed by atoms with Gasteiger partial charge in [0.1, 0.15) is 6.29 Å². The van der Waals surface area contributed by atoms with Gasteiger partial charge in [-0.1, -0.05) is 12.1 Å². The molecule has 0 aliphatic heterocycles. The number of carbonyl (C=O) groups is 4. The number of aldehydes is 1. The van der Waals surface area contributed by atoms with E-state index in [1.807, 2.05) is 18.9 Å². The topological polar surface area (TPSA) is 149 Å². The minimum atomic E-state index is -0.341. The van der Waals surface area contributed by atoms with Gasteiger partial charge in [0.05, 0.1) is 46.1 Å². The molecule has 3 amide bonds. The van der Waals surface area contributed by atoms with Crippen molar-refractivity contribution in [2.75, 3.05) is 58.6 Å². The molecule has 196 valence electrons. The van der Waals surface area contributed by atoms with Gasteiger partial charge in [-0.15, -0.1) is 0 Å². The predicted molar refractivity (Wildman–Crippen MR) is 131 cm³/mol. The van der Waals surface area contributed by atoms with Gasteiger partial charge in [-0.05, 0) is 26.5 Å². The summed E-state index contributed by atoms with van der Waals surface area (Å²) in [5.74, 6) is -0.571. The van der Waals surface area contributed by atoms with Crippen LogP contribution in [0.15, 0.2) is 18.2 Å². The summed E-state index contributed by atoms with van der Waals surface area (Å²) in [6.45, 7) is 5.26. The lowest BCUT2D eigenvalue weighted by Crippen LogP contribution is -2.31. The number of hydrogen-bond donors (Lipinski definition) is 3. The molecule has 35 heavy (non-hydrogen) atoms. The second kappa shape index (κ2) is 18.6. The summed E-state index contributed by atoms with van der Waals surface area (Å²) < 4.78 is 16.0. The molecule has 11 nitrogen and oxygen atoms in total. The molecule has 1 rings (SSSR count). The lowest BCUT2D eigenvalue weighted by molar-refractivity contribution is -0.125. The van der Waals surface area contributed by atoms with Crippen molar-refractivity contribution < 1.29 is 33.4 Å². The van der Waals surface area contributed by atoms with E-state index in [2.05, 4.69) is 10.6 Å². The fraction of sp³-hybridized carbons (Fsp3) is 0.583. The van der Waals surface area contributed by atoms with Crippen LogP contribution < -0.4 is 16.4 Å². The van der Waals surface area contributed by atoms with Crippen molar-refractivity contribution in [2.24, 2.45) is 5.73 Å². The fourth-order valence-electron chi connectivity index (χ4n) is 3.11. The van der Waals surface area contributed by atoms with Crippen molar-refractivity contribution in [2.45, 2.75) is 38.8 Å². The second-order valence-electron chi connectivity index (χ2n) is 7.90. The molecule has 0 spiro atoms. The zero-order valence-corrected chi connectivity index (χ0v) is 20.6. The Balaban J connectivity index is 2.50. The molecule has 0 saturated carbocycles. The van der Waals surface area contributed by atoms with Gasteiger partial charge in [0, 0.05) is 42.4 Å². The first kappa shape index (κ1) is 30.3. The summed E-state index contributed by atoms with van der Waals surface area (Å²) in [6.07, 6.45) is 2.01. The molecule has 1 aromatic rings. The Morgan fingerprint density at radius 2 is 1.66 bits per heavy atom. The highest BCUT2D eigenvalue weighted by molar-refractivity contribution is 5.93. The maximum absolute atomic E-state index is 12.4. The summed E-state index contributed by atoms with van der Waals surface area (Å²) in [6, 6.07) is 5.15. The molecule has 0 saturated heterocycles. The summed E-state index contributed by atoms with van der Waals surface area (Å²) in [5.41, 5.74) is 7.04. The molecule has 0 aromatic heterocycles. The Morgan fingerprint density at radius 1 is 1.00 bits per heavy atom. The lowest BCUT2D eigenvalue weighted by Gasteiger charge is -2.26. The molecule has 0 heterocycles. The zero-order valence-electron chi connectivity index (χ0n) is 20.6. The SMILES string of the molecule is CC(CCC(=O)NC=O)N(C)Cc1c(C=O)cccc1NC(=O)CCOCCOCCOCCN. The third-order valence-electron chi connectivity index (χ3n) is 5.26. The Bertz CT molecular complexity index is 791. The number of rotatable bonds is 20. The molecular weight excluding hydrogens is 456 g/mol. The number of nitrogens with two attached hydrogens (primary N) is 1. The van der Waals surface area contributed by atoms with E-state index in [-0.39, 0.29) is 37.3 Å². The third-order valence-corrected chi connectivity index (χ3v) is 5.26. The van der Waals surface area contributed by atoms with Crippen molar-refractivity contribution in [1.29, 1.82) is 0 Å². The average molecular weight is 495 g/mol. The van der Waals surface area contributed by atoms with E-state index in [9.17, 15) is 19.2 Å². The smallest absolute Gasteiger partial charge is 0.226 e. The third kappa shape index (κ3) is 13.1. The van der Waals surface area contributed by atoms with Crippen molar-refractivity contribution in [1.82, 2.24) is 10.2 Å². The minimum absolute atomic E-state index is 0.00138. The van der Waals surface area contributed by atoms with Crippen LogP contribution in [0.5, 0.6) is 0 Å². The highest BCUT2D eigenvalue weighted by atomic mass is 16.5. The fourth-order valence-corrected chi connectivity index (χ4v) is 3.11. The van der Waals surface area contributed by atoms with Crippen LogP contribution in [-0.2, 0) is 35.1 Å². The van der Waals surface area contributed by atoms with Crippen molar-refractivity contribution in [3.8, 4) is 0 Å². The number of amides is 3. The van der Waals surface area contributed by atoms with Crippen LogP contribution in [-0.4, -0.2) is 88.7 Å². The monoisotopic (exact) mass is 494 g/mol. The Kier molecular flexibility index (Phi) is 16.1. The Hall–Kier alpha value is -2.70. The van der Waals surface area contributed by atoms with E-state index in [1.165, 1.54) is 0 Å². The van der Waals surface area contributed by atoms with Gasteiger partial charge < -0.3 is 25.3 Å². The molecular formula is C24H38N4O7. The van der Waals surface area contributed by atoms with Crippen LogP contribution in [0.2, 0.25) is 0 Å². The number of benzene rings is 1. The molecule has 4 N–H and O–H groups in total. The van der Waals surface area contributed by atoms with Crippen molar-refractivity contribution >= 4 is 30.2 Å². The molecule has 1 aromatic carbocycles. The lowest BCUT2D eigenvalue weighted by atomic mass is 10.0. The van der Waals surface area contributed by atoms with Crippen molar-refractivity contribution in [3.05, 3.63) is 29.3 Å². The molecule has 11 heteroatoms. The maximum Gasteiger partial charge on any atom is 0.226 e. The van der Waals surface area contributed by atoms with E-state index in [1.54, 1.807) is 18.2 Å². The first-order chi connectivity index (χ1) is 16.9. The van der Waals surface area contributed by atoms with E-state index in [0.717, 1.165) is 6.29 Å². The highest BCUT2D eigenvalue weighted by Gasteiger charge is 2.17. The molecule has 0 bridgehead atoms. The summed E-state index contributed by atoms with van der Waals surface area (Å²) in [5, 5.41) is 4.98. The standard InChI is InChI=1S/C24H38N4O7/c1-19(6-7-23(31)26-18-30)28(2)16-21-20(17-29)4-3-5-22(21)27-24(32)8-10-33-12-14-35-15-13-34-11-9-25/h3-5,17-19H,6-16,25H2,1-2H3,(H,27,32)(H,26,30,31). The van der Waals surface area contributed by atoms with Gasteiger partial charge in [0.2, 0.25) is 18.2 Å². The molecule has 0 aliphatic rings. The van der Waals surface area contributed by atoms with Gasteiger partial charge in [-0.3, -0.25) is 29.4 Å². The van der Waals surface area contributed by atoms with Gasteiger partial charge in [0.15, 0.2) is 0 Å². The van der Waals surface area contributed by atoms with Gasteiger partial charge >= 0.3 is 0 Å². The number of anilines is 1. The summed E-state index contributed by atoms with van der Waals surface area (Å²) in [7, 11) is 1.87. The van der Waals surface area contributed by atoms with E-state index in [4.69, 9.17) is 19.9 Å². The van der Waals surface area contributed by atoms with E-state index >= 15 is 0 Å². The largest absolute Gasteiger partial charge is 0.379 e. The van der Waals surface area contributed by atoms with Gasteiger partial charge in [0.25, 0.3) is 0 Å². The van der Waals surface area contributed by atoms with E-state index in [0.29, 0.717) is 75.8 Å². The summed E-state index contributed by atoms with van der Waals surface area (Å²) >= 11 is 0. The zero-order chi connectivity index (χ0) is 25.9. The predicted octanol–water partition coefficient (Wildman–Crippen LogP) is 0.709. The normalized spacial score (nSPS) is 11.8. The van der Waals surface area contributed by atoms with Crippen LogP contribution in [0, 0.1) is 0 Å². The Morgan fingerprint density at radius 3 is 2.29 bits per heavy atom. The average Bonchev–Trinajstić information content (AvgIpc) is 2.84. The van der Waals surface area contributed by atoms with Gasteiger partial charge in [-0.2, -0.15) is 0 Å². The van der Waals surface area contributed by atoms with Crippen LogP contribution in [0.25, 0.3) is 0 Å². The van der Waals surface area contributed by atoms with Gasteiger partial charge in [-0.25, -0.2) is 0 Å². The number of hydrogen-bond acceptors (Lipinski definition) is 9. The summed E-state index contributed by atoms with van der Waals surface area (Å²) in [4.78, 5) is 47.9. The molecule has 1 atom stereocenters. The van der Waals surface area contributed by atoms with Crippen molar-refractivity contribution in [3.63, 3.8) is 0 Å². The number of nitrogens with one attached hydrogen (secondary N) is 2. The first-order valence-electron chi connectivity index (χ1n) is 11.7. The molecule has 0 radical (unpaired) electrons. The Labute approximate surface area is 206 Å². The number of carbonyl (C=O) groups excluding carboxylic acids is 4. The minimum Gasteiger partial charge on any atom is -0.379 e. The molecule has 0 fully saturated rings. The quantitative estimate of drug-likeness (QED) is 0.176. The number of ether oxygens (including phenoxy) is 3. The van der Waals surface area contributed by atoms with Crippen LogP contribution in [0.1, 0.15) is 42.1 Å². The second-order valence-corrected chi connectivity index (χ2v) is 7.90. The van der Waals surface area contributed by atoms with Crippen LogP contribution in [0.3, 0.4) is 0 Å². The number of nitrogens with zero attached hydrogens (tertiary/aromatic N) is 1. The first-order valence-corrected chi connectivity index (χ1v) is 11.7. The van der Waals surface area contributed by atoms with Crippen LogP contribution in [0.4, 0.5) is 5.69 Å². The molecule has 0 aliphatic carbocycles. The highest BCUT2D eigenvalue weighted by Crippen LogP contribution is 2.22. The number of imide groups is 1.